The van der Waals surface area contributed by atoms with Gasteiger partial charge >= 0.3 is 5.97 Å². The Balaban J connectivity index is 1.48. The minimum Gasteiger partial charge on any atom is -0.458 e. The molecule has 9 heteroatoms. The maximum Gasteiger partial charge on any atom is 0.329 e. The van der Waals surface area contributed by atoms with Crippen molar-refractivity contribution in [2.45, 2.75) is 54.9 Å². The second-order valence-corrected chi connectivity index (χ2v) is 12.1. The maximum atomic E-state index is 13.4. The summed E-state index contributed by atoms with van der Waals surface area (Å²) in [6.07, 6.45) is 3.85. The number of nitrogens with one attached hydrogen (secondary N) is 2. The number of pyridine rings is 1. The number of benzene rings is 2. The number of thiazole rings is 1. The SMILES string of the molecule is Cc1ccc(Sc2cnc(Nc3ccccn3)s2)cc1C(=O)NC(Cc1ccccc1)C(=O)OC(C)(C)C. The first-order valence-corrected chi connectivity index (χ1v) is 13.8. The maximum absolute atomic E-state index is 13.4. The number of amides is 1. The number of aromatic nitrogens is 2. The van der Waals surface area contributed by atoms with Crippen molar-refractivity contribution in [2.75, 3.05) is 5.32 Å². The van der Waals surface area contributed by atoms with E-state index in [1.165, 1.54) is 23.1 Å². The summed E-state index contributed by atoms with van der Waals surface area (Å²) < 4.78 is 6.58. The molecule has 0 bridgehead atoms. The Bertz CT molecular complexity index is 1390. The number of anilines is 2. The molecule has 2 heterocycles. The highest BCUT2D eigenvalue weighted by atomic mass is 32.2. The first-order valence-electron chi connectivity index (χ1n) is 12.2. The number of hydrogen-bond donors (Lipinski definition) is 2. The molecule has 4 aromatic rings. The monoisotopic (exact) mass is 546 g/mol. The third-order valence-corrected chi connectivity index (χ3v) is 7.34. The molecule has 1 amide bonds. The van der Waals surface area contributed by atoms with Crippen LogP contribution in [0.5, 0.6) is 0 Å². The van der Waals surface area contributed by atoms with Gasteiger partial charge in [-0.1, -0.05) is 65.6 Å². The fourth-order valence-electron chi connectivity index (χ4n) is 3.59. The van der Waals surface area contributed by atoms with Crippen LogP contribution in [0.3, 0.4) is 0 Å². The van der Waals surface area contributed by atoms with Crippen LogP contribution in [0.15, 0.2) is 88.2 Å². The van der Waals surface area contributed by atoms with Gasteiger partial charge in [0.05, 0.1) is 10.4 Å². The van der Waals surface area contributed by atoms with Crippen LogP contribution in [0.1, 0.15) is 42.3 Å². The van der Waals surface area contributed by atoms with E-state index in [9.17, 15) is 9.59 Å². The molecule has 4 rings (SSSR count). The van der Waals surface area contributed by atoms with Crippen molar-refractivity contribution in [2.24, 2.45) is 0 Å². The molecule has 0 spiro atoms. The van der Waals surface area contributed by atoms with Gasteiger partial charge in [-0.2, -0.15) is 0 Å². The first kappa shape index (κ1) is 27.3. The average Bonchev–Trinajstić information content (AvgIpc) is 3.31. The molecule has 0 saturated heterocycles. The number of hydrogen-bond acceptors (Lipinski definition) is 8. The van der Waals surface area contributed by atoms with Crippen LogP contribution < -0.4 is 10.6 Å². The number of carbonyl (C=O) groups is 2. The minimum absolute atomic E-state index is 0.321. The van der Waals surface area contributed by atoms with Gasteiger partial charge in [-0.15, -0.1) is 0 Å². The van der Waals surface area contributed by atoms with Gasteiger partial charge in [0.1, 0.15) is 17.5 Å². The third-order valence-electron chi connectivity index (χ3n) is 5.34. The molecule has 0 saturated carbocycles. The molecule has 2 aromatic heterocycles. The lowest BCUT2D eigenvalue weighted by Crippen LogP contribution is -2.45. The second-order valence-electron chi connectivity index (χ2n) is 9.65. The minimum atomic E-state index is -0.818. The van der Waals surface area contributed by atoms with Crippen molar-refractivity contribution in [1.82, 2.24) is 15.3 Å². The molecule has 0 fully saturated rings. The summed E-state index contributed by atoms with van der Waals surface area (Å²) in [6, 6.07) is 20.1. The van der Waals surface area contributed by atoms with Gasteiger partial charge < -0.3 is 15.4 Å². The van der Waals surface area contributed by atoms with Crippen LogP contribution in [0, 0.1) is 6.92 Å². The number of carbonyl (C=O) groups excluding carboxylic acids is 2. The summed E-state index contributed by atoms with van der Waals surface area (Å²) in [5, 5.41) is 6.84. The highest BCUT2D eigenvalue weighted by molar-refractivity contribution is 8.01. The zero-order chi connectivity index (χ0) is 27.1. The predicted molar refractivity (Wildman–Crippen MR) is 152 cm³/mol. The number of aryl methyl sites for hydroxylation is 1. The highest BCUT2D eigenvalue weighted by Gasteiger charge is 2.28. The number of rotatable bonds is 9. The van der Waals surface area contributed by atoms with Crippen LogP contribution >= 0.6 is 23.1 Å². The quantitative estimate of drug-likeness (QED) is 0.234. The van der Waals surface area contributed by atoms with E-state index in [2.05, 4.69) is 20.6 Å². The smallest absolute Gasteiger partial charge is 0.329 e. The van der Waals surface area contributed by atoms with E-state index in [0.29, 0.717) is 12.0 Å². The summed E-state index contributed by atoms with van der Waals surface area (Å²) in [7, 11) is 0. The van der Waals surface area contributed by atoms with Gasteiger partial charge in [-0.25, -0.2) is 14.8 Å². The molecule has 0 aliphatic carbocycles. The number of nitrogens with zero attached hydrogens (tertiary/aromatic N) is 2. The summed E-state index contributed by atoms with van der Waals surface area (Å²) in [5.41, 5.74) is 1.59. The van der Waals surface area contributed by atoms with Crippen molar-refractivity contribution >= 4 is 45.9 Å². The highest BCUT2D eigenvalue weighted by Crippen LogP contribution is 2.35. The van der Waals surface area contributed by atoms with E-state index in [0.717, 1.165) is 31.2 Å². The van der Waals surface area contributed by atoms with E-state index >= 15 is 0 Å². The standard InChI is InChI=1S/C29H30N4O3S2/c1-19-13-14-21(37-25-18-31-28(38-25)33-24-12-8-9-15-30-24)17-22(19)26(34)32-23(27(35)36-29(2,3)4)16-20-10-6-5-7-11-20/h5-15,17-18,23H,16H2,1-4H3,(H,32,34)(H,30,31,33). The van der Waals surface area contributed by atoms with Crippen molar-refractivity contribution in [3.8, 4) is 0 Å². The largest absolute Gasteiger partial charge is 0.458 e. The second kappa shape index (κ2) is 12.2. The van der Waals surface area contributed by atoms with Crippen LogP contribution in [0.2, 0.25) is 0 Å². The molecule has 0 aliphatic heterocycles. The predicted octanol–water partition coefficient (Wildman–Crippen LogP) is 6.42. The Morgan fingerprint density at radius 2 is 1.79 bits per heavy atom. The Kier molecular flexibility index (Phi) is 8.81. The summed E-state index contributed by atoms with van der Waals surface area (Å²) in [6.45, 7) is 7.32. The molecule has 2 N–H and O–H groups in total. The molecule has 7 nitrogen and oxygen atoms in total. The van der Waals surface area contributed by atoms with Gasteiger partial charge in [0, 0.05) is 23.1 Å². The summed E-state index contributed by atoms with van der Waals surface area (Å²) >= 11 is 3.02. The summed E-state index contributed by atoms with van der Waals surface area (Å²) in [4.78, 5) is 36.0. The topological polar surface area (TPSA) is 93.2 Å². The van der Waals surface area contributed by atoms with E-state index in [4.69, 9.17) is 4.74 Å². The lowest BCUT2D eigenvalue weighted by atomic mass is 10.0. The van der Waals surface area contributed by atoms with E-state index < -0.39 is 17.6 Å². The van der Waals surface area contributed by atoms with Crippen molar-refractivity contribution in [3.05, 3.63) is 95.8 Å². The fourth-order valence-corrected chi connectivity index (χ4v) is 5.49. The molecular weight excluding hydrogens is 516 g/mol. The van der Waals surface area contributed by atoms with Crippen LogP contribution in [0.4, 0.5) is 10.9 Å². The third kappa shape index (κ3) is 7.90. The molecule has 0 aliphatic rings. The molecular formula is C29H30N4O3S2. The molecule has 1 unspecified atom stereocenters. The van der Waals surface area contributed by atoms with Crippen LogP contribution in [0.25, 0.3) is 0 Å². The number of ether oxygens (including phenoxy) is 1. The fraction of sp³-hybridized carbons (Fsp3) is 0.241. The Labute approximate surface area is 231 Å². The molecule has 196 valence electrons. The van der Waals surface area contributed by atoms with Gasteiger partial charge in [0.2, 0.25) is 0 Å². The Morgan fingerprint density at radius 3 is 2.50 bits per heavy atom. The lowest BCUT2D eigenvalue weighted by Gasteiger charge is -2.25. The van der Waals surface area contributed by atoms with Gasteiger partial charge in [0.15, 0.2) is 5.13 Å². The molecule has 2 aromatic carbocycles. The van der Waals surface area contributed by atoms with Gasteiger partial charge in [-0.05, 0) is 63.1 Å². The lowest BCUT2D eigenvalue weighted by molar-refractivity contribution is -0.157. The van der Waals surface area contributed by atoms with E-state index in [-0.39, 0.29) is 5.91 Å². The van der Waals surface area contributed by atoms with E-state index in [1.807, 2.05) is 94.4 Å². The zero-order valence-electron chi connectivity index (χ0n) is 21.7. The zero-order valence-corrected chi connectivity index (χ0v) is 23.4. The summed E-state index contributed by atoms with van der Waals surface area (Å²) in [5.74, 6) is -0.0585. The Hall–Kier alpha value is -3.69. The van der Waals surface area contributed by atoms with Crippen LogP contribution in [-0.4, -0.2) is 33.5 Å². The van der Waals surface area contributed by atoms with Crippen molar-refractivity contribution < 1.29 is 14.3 Å². The average molecular weight is 547 g/mol. The molecule has 38 heavy (non-hydrogen) atoms. The number of esters is 1. The van der Waals surface area contributed by atoms with Crippen molar-refractivity contribution in [3.63, 3.8) is 0 Å². The van der Waals surface area contributed by atoms with E-state index in [1.54, 1.807) is 12.4 Å². The molecule has 1 atom stereocenters. The molecule has 0 radical (unpaired) electrons. The normalized spacial score (nSPS) is 12.0. The van der Waals surface area contributed by atoms with Gasteiger partial charge in [0.25, 0.3) is 5.91 Å². The Morgan fingerprint density at radius 1 is 1.03 bits per heavy atom. The first-order chi connectivity index (χ1) is 18.2. The van der Waals surface area contributed by atoms with Crippen LogP contribution in [-0.2, 0) is 16.0 Å². The van der Waals surface area contributed by atoms with Gasteiger partial charge in [-0.3, -0.25) is 4.79 Å². The van der Waals surface area contributed by atoms with Crippen molar-refractivity contribution in [1.29, 1.82) is 0 Å².